The van der Waals surface area contributed by atoms with Crippen LogP contribution in [0.5, 0.6) is 5.75 Å². The van der Waals surface area contributed by atoms with Crippen LogP contribution in [0.25, 0.3) is 0 Å². The quantitative estimate of drug-likeness (QED) is 0.219. The third-order valence-corrected chi connectivity index (χ3v) is 8.64. The highest BCUT2D eigenvalue weighted by molar-refractivity contribution is 7.80. The van der Waals surface area contributed by atoms with Crippen LogP contribution in [-0.4, -0.2) is 67.2 Å². The normalized spacial score (nSPS) is 20.0. The molecule has 0 aliphatic carbocycles. The molecule has 2 unspecified atom stereocenters. The molecule has 2 fully saturated rings. The molecule has 3 heterocycles. The second kappa shape index (κ2) is 13.6. The molecule has 2 atom stereocenters. The van der Waals surface area contributed by atoms with Gasteiger partial charge in [0.2, 0.25) is 5.79 Å². The third-order valence-electron chi connectivity index (χ3n) is 7.79. The molecule has 4 aromatic rings. The van der Waals surface area contributed by atoms with Gasteiger partial charge >= 0.3 is 0 Å². The molecule has 2 aliphatic heterocycles. The van der Waals surface area contributed by atoms with E-state index < -0.39 is 5.79 Å². The van der Waals surface area contributed by atoms with Crippen molar-refractivity contribution < 1.29 is 14.2 Å². The summed E-state index contributed by atoms with van der Waals surface area (Å²) >= 11 is 17.9. The van der Waals surface area contributed by atoms with Gasteiger partial charge in [0.25, 0.3) is 0 Å². The largest absolute Gasteiger partial charge is 0.491 e. The Balaban J connectivity index is 1.02. The van der Waals surface area contributed by atoms with Gasteiger partial charge in [-0.1, -0.05) is 29.3 Å². The van der Waals surface area contributed by atoms with Gasteiger partial charge in [-0.25, -0.2) is 4.98 Å². The van der Waals surface area contributed by atoms with Gasteiger partial charge < -0.3 is 39.2 Å². The minimum atomic E-state index is -1.08. The van der Waals surface area contributed by atoms with E-state index in [1.165, 1.54) is 11.4 Å². The molecular formula is C32H34Cl2N6O3S. The summed E-state index contributed by atoms with van der Waals surface area (Å²) in [6.07, 6.45) is 5.02. The first-order valence-corrected chi connectivity index (χ1v) is 15.6. The van der Waals surface area contributed by atoms with Gasteiger partial charge in [-0.3, -0.25) is 0 Å². The highest BCUT2D eigenvalue weighted by Crippen LogP contribution is 2.40. The van der Waals surface area contributed by atoms with Gasteiger partial charge in [-0.15, -0.1) is 0 Å². The van der Waals surface area contributed by atoms with E-state index in [0.717, 1.165) is 37.6 Å². The fraction of sp³-hybridized carbons (Fsp3) is 0.312. The van der Waals surface area contributed by atoms with Crippen molar-refractivity contribution in [1.82, 2.24) is 14.9 Å². The van der Waals surface area contributed by atoms with E-state index in [1.807, 2.05) is 29.0 Å². The number of ether oxygens (including phenoxy) is 3. The molecule has 9 nitrogen and oxygen atoms in total. The van der Waals surface area contributed by atoms with E-state index in [9.17, 15) is 0 Å². The van der Waals surface area contributed by atoms with E-state index in [4.69, 9.17) is 49.6 Å². The summed E-state index contributed by atoms with van der Waals surface area (Å²) in [4.78, 5) is 8.96. The van der Waals surface area contributed by atoms with E-state index in [-0.39, 0.29) is 6.10 Å². The number of hydrogen-bond donors (Lipinski definition) is 2. The van der Waals surface area contributed by atoms with E-state index in [0.29, 0.717) is 40.5 Å². The maximum atomic E-state index is 6.59. The molecule has 2 saturated heterocycles. The van der Waals surface area contributed by atoms with Crippen LogP contribution in [0.15, 0.2) is 85.5 Å². The van der Waals surface area contributed by atoms with Crippen LogP contribution in [0.2, 0.25) is 10.0 Å². The lowest BCUT2D eigenvalue weighted by Gasteiger charge is -2.37. The molecule has 0 radical (unpaired) electrons. The molecule has 3 aromatic carbocycles. The van der Waals surface area contributed by atoms with Crippen molar-refractivity contribution in [2.75, 3.05) is 61.6 Å². The Labute approximate surface area is 272 Å². The zero-order valence-electron chi connectivity index (χ0n) is 24.3. The number of imidazole rings is 1. The highest BCUT2D eigenvalue weighted by atomic mass is 35.5. The Morgan fingerprint density at radius 1 is 1.00 bits per heavy atom. The zero-order valence-corrected chi connectivity index (χ0v) is 26.6. The van der Waals surface area contributed by atoms with Crippen molar-refractivity contribution in [3.63, 3.8) is 0 Å². The second-order valence-corrected chi connectivity index (χ2v) is 11.9. The van der Waals surface area contributed by atoms with E-state index in [1.54, 1.807) is 31.7 Å². The van der Waals surface area contributed by atoms with Crippen molar-refractivity contribution in [2.24, 2.45) is 0 Å². The van der Waals surface area contributed by atoms with Gasteiger partial charge in [0, 0.05) is 73.3 Å². The number of nitrogens with one attached hydrogen (secondary N) is 2. The third kappa shape index (κ3) is 7.06. The topological polar surface area (TPSA) is 76.0 Å². The molecule has 0 bridgehead atoms. The first-order valence-electron chi connectivity index (χ1n) is 14.5. The number of halogens is 2. The average molecular weight is 654 g/mol. The number of thiocarbonyl (C=S) groups is 1. The highest BCUT2D eigenvalue weighted by Gasteiger charge is 2.45. The first-order chi connectivity index (χ1) is 21.4. The fourth-order valence-electron chi connectivity index (χ4n) is 5.49. The van der Waals surface area contributed by atoms with Crippen molar-refractivity contribution in [3.8, 4) is 5.75 Å². The molecule has 0 spiro atoms. The van der Waals surface area contributed by atoms with Gasteiger partial charge in [-0.2, -0.15) is 0 Å². The Kier molecular flexibility index (Phi) is 9.44. The lowest BCUT2D eigenvalue weighted by molar-refractivity contribution is -0.189. The molecule has 230 valence electrons. The van der Waals surface area contributed by atoms with E-state index >= 15 is 0 Å². The molecule has 0 amide bonds. The summed E-state index contributed by atoms with van der Waals surface area (Å²) in [6.45, 7) is 4.84. The summed E-state index contributed by atoms with van der Waals surface area (Å²) in [7, 11) is 1.81. The van der Waals surface area contributed by atoms with Gasteiger partial charge in [0.1, 0.15) is 18.5 Å². The van der Waals surface area contributed by atoms with Crippen molar-refractivity contribution >= 4 is 57.6 Å². The monoisotopic (exact) mass is 652 g/mol. The van der Waals surface area contributed by atoms with Crippen molar-refractivity contribution in [2.45, 2.75) is 18.4 Å². The van der Waals surface area contributed by atoms with Gasteiger partial charge in [0.15, 0.2) is 5.11 Å². The maximum Gasteiger partial charge on any atom is 0.215 e. The molecule has 6 rings (SSSR count). The summed E-state index contributed by atoms with van der Waals surface area (Å²) in [5.41, 5.74) is 4.07. The molecule has 2 N–H and O–H groups in total. The maximum absolute atomic E-state index is 6.59. The number of nitrogens with zero attached hydrogens (tertiary/aromatic N) is 4. The molecule has 2 aliphatic rings. The smallest absolute Gasteiger partial charge is 0.215 e. The fourth-order valence-corrected chi connectivity index (χ4v) is 6.16. The molecule has 1 aromatic heterocycles. The first kappa shape index (κ1) is 30.5. The number of hydrogen-bond acceptors (Lipinski definition) is 7. The van der Waals surface area contributed by atoms with Gasteiger partial charge in [0.05, 0.1) is 24.5 Å². The Morgan fingerprint density at radius 3 is 2.30 bits per heavy atom. The van der Waals surface area contributed by atoms with Crippen LogP contribution in [0.1, 0.15) is 5.56 Å². The number of benzene rings is 3. The summed E-state index contributed by atoms with van der Waals surface area (Å²) in [5.74, 6) is -0.305. The Bertz CT molecular complexity index is 1550. The Morgan fingerprint density at radius 2 is 1.68 bits per heavy atom. The van der Waals surface area contributed by atoms with Crippen LogP contribution >= 0.6 is 35.4 Å². The number of piperazine rings is 1. The number of rotatable bonds is 9. The van der Waals surface area contributed by atoms with Crippen LogP contribution in [0.4, 0.5) is 17.1 Å². The molecule has 12 heteroatoms. The van der Waals surface area contributed by atoms with Crippen LogP contribution in [0.3, 0.4) is 0 Å². The molecular weight excluding hydrogens is 619 g/mol. The van der Waals surface area contributed by atoms with Crippen molar-refractivity contribution in [3.05, 3.63) is 101 Å². The average Bonchev–Trinajstić information content (AvgIpc) is 3.71. The summed E-state index contributed by atoms with van der Waals surface area (Å²) < 4.78 is 20.8. The predicted molar refractivity (Wildman–Crippen MR) is 179 cm³/mol. The molecule has 44 heavy (non-hydrogen) atoms. The van der Waals surface area contributed by atoms with Crippen LogP contribution in [0, 0.1) is 0 Å². The minimum absolute atomic E-state index is 0.289. The van der Waals surface area contributed by atoms with Crippen LogP contribution in [-0.2, 0) is 21.8 Å². The van der Waals surface area contributed by atoms with Crippen LogP contribution < -0.4 is 25.2 Å². The Hall–Kier alpha value is -3.54. The number of anilines is 3. The van der Waals surface area contributed by atoms with E-state index in [2.05, 4.69) is 61.8 Å². The lowest BCUT2D eigenvalue weighted by Crippen LogP contribution is -2.46. The predicted octanol–water partition coefficient (Wildman–Crippen LogP) is 5.78. The lowest BCUT2D eigenvalue weighted by atomic mass is 10.1. The number of aromatic nitrogens is 2. The summed E-state index contributed by atoms with van der Waals surface area (Å²) in [6, 6.07) is 21.9. The van der Waals surface area contributed by atoms with Gasteiger partial charge in [-0.05, 0) is 72.9 Å². The molecule has 0 saturated carbocycles. The second-order valence-electron chi connectivity index (χ2n) is 10.7. The zero-order chi connectivity index (χ0) is 30.5. The van der Waals surface area contributed by atoms with Crippen molar-refractivity contribution in [1.29, 1.82) is 0 Å². The minimum Gasteiger partial charge on any atom is -0.491 e. The summed E-state index contributed by atoms with van der Waals surface area (Å²) in [5, 5.41) is 7.72. The standard InChI is InChI=1S/C32H34Cl2N6O3S/c1-35-31(44)37-24-3-5-25(6-4-24)39-14-16-40(17-15-39)26-7-9-27(10-8-26)41-19-28-20-42-32(43-28,21-38-13-12-36-22-38)29-11-2-23(33)18-30(29)34/h2-13,18,22,28H,14-17,19-21H2,1H3,(H2,35,37,44). The SMILES string of the molecule is CNC(=S)Nc1ccc(N2CCN(c3ccc(OCC4COC(Cn5ccnc5)(c5ccc(Cl)cc5Cl)O4)cc3)CC2)cc1.